The number of anilines is 1. The molecule has 0 aliphatic heterocycles. The number of ketones is 1. The number of nitrogens with one attached hydrogen (secondary N) is 1. The van der Waals surface area contributed by atoms with Crippen molar-refractivity contribution in [3.63, 3.8) is 0 Å². The maximum absolute atomic E-state index is 12.9. The van der Waals surface area contributed by atoms with E-state index in [2.05, 4.69) is 25.3 Å². The quantitative estimate of drug-likeness (QED) is 0.224. The van der Waals surface area contributed by atoms with Gasteiger partial charge in [0.05, 0.1) is 10.5 Å². The summed E-state index contributed by atoms with van der Waals surface area (Å²) in [6.45, 7) is 3.53. The molecule has 12 heteroatoms. The third kappa shape index (κ3) is 6.75. The fourth-order valence-corrected chi connectivity index (χ4v) is 4.70. The van der Waals surface area contributed by atoms with Crippen molar-refractivity contribution < 1.29 is 52.6 Å². The Morgan fingerprint density at radius 1 is 1.11 bits per heavy atom. The molecule has 0 saturated carbocycles. The predicted molar refractivity (Wildman–Crippen MR) is 132 cm³/mol. The third-order valence-electron chi connectivity index (χ3n) is 5.44. The molecular weight excluding hydrogens is 505 g/mol. The van der Waals surface area contributed by atoms with E-state index >= 15 is 0 Å². The molecule has 10 nitrogen and oxygen atoms in total. The number of tetrazole rings is 1. The summed E-state index contributed by atoms with van der Waals surface area (Å²) < 4.78 is 34.2. The molecule has 37 heavy (non-hydrogen) atoms. The molecule has 0 saturated heterocycles. The summed E-state index contributed by atoms with van der Waals surface area (Å²) in [5.74, 6) is 0.501. The van der Waals surface area contributed by atoms with E-state index in [1.807, 2.05) is 6.92 Å². The zero-order chi connectivity index (χ0) is 25.7. The molecule has 1 heterocycles. The average molecular weight is 530 g/mol. The number of hydrogen-bond donors (Lipinski definition) is 2. The van der Waals surface area contributed by atoms with Crippen molar-refractivity contribution in [1.82, 2.24) is 20.6 Å². The molecule has 186 valence electrons. The van der Waals surface area contributed by atoms with Gasteiger partial charge in [-0.1, -0.05) is 37.6 Å². The van der Waals surface area contributed by atoms with Gasteiger partial charge < -0.3 is 14.9 Å². The van der Waals surface area contributed by atoms with Gasteiger partial charge in [-0.25, -0.2) is 8.42 Å². The van der Waals surface area contributed by atoms with E-state index in [4.69, 9.17) is 4.74 Å². The van der Waals surface area contributed by atoms with Crippen LogP contribution in [0.5, 0.6) is 11.5 Å². The van der Waals surface area contributed by atoms with Gasteiger partial charge in [0.1, 0.15) is 18.1 Å². The van der Waals surface area contributed by atoms with Gasteiger partial charge in [0, 0.05) is 17.1 Å². The van der Waals surface area contributed by atoms with Crippen LogP contribution in [0.1, 0.15) is 41.8 Å². The molecule has 3 aromatic carbocycles. The molecule has 0 radical (unpaired) electrons. The molecule has 0 amide bonds. The number of ether oxygens (including phenoxy) is 1. The first-order chi connectivity index (χ1) is 17.3. The minimum atomic E-state index is -3.84. The van der Waals surface area contributed by atoms with Crippen molar-refractivity contribution in [1.29, 1.82) is 0 Å². The van der Waals surface area contributed by atoms with Crippen molar-refractivity contribution >= 4 is 21.5 Å². The van der Waals surface area contributed by atoms with Gasteiger partial charge >= 0.3 is 29.6 Å². The predicted octanol–water partition coefficient (Wildman–Crippen LogP) is 0.740. The van der Waals surface area contributed by atoms with Crippen LogP contribution in [0.4, 0.5) is 5.69 Å². The number of rotatable bonds is 10. The standard InChI is InChI=1S/C25H25N5O5S.Na/c1-3-5-22-23(13-12-21(16(2)31)24(22)32)35-15-17-8-10-20(11-9-17)36(33,34)28-19-7-4-6-18(14-19)25-26-29-30-27-25;/h4,6-14,28H,3,5,15H2,1-2H3,(H2,26,27,29,30,31,32);/q;+1/p-1. The van der Waals surface area contributed by atoms with Crippen LogP contribution in [0.15, 0.2) is 65.6 Å². The minimum absolute atomic E-state index is 0. The van der Waals surface area contributed by atoms with Crippen LogP contribution in [0.3, 0.4) is 0 Å². The maximum atomic E-state index is 12.9. The van der Waals surface area contributed by atoms with E-state index < -0.39 is 10.0 Å². The summed E-state index contributed by atoms with van der Waals surface area (Å²) in [5, 5.41) is 24.9. The molecular formula is C25H24N5NaO5S. The number of aromatic nitrogens is 4. The molecule has 4 rings (SSSR count). The number of nitrogens with zero attached hydrogens (tertiary/aromatic N) is 4. The van der Waals surface area contributed by atoms with E-state index in [0.29, 0.717) is 34.8 Å². The number of sulfonamides is 1. The average Bonchev–Trinajstić information content (AvgIpc) is 3.40. The fourth-order valence-electron chi connectivity index (χ4n) is 3.65. The summed E-state index contributed by atoms with van der Waals surface area (Å²) in [5.41, 5.74) is 2.50. The molecule has 0 spiro atoms. The molecule has 0 atom stereocenters. The van der Waals surface area contributed by atoms with Crippen molar-refractivity contribution in [2.24, 2.45) is 0 Å². The van der Waals surface area contributed by atoms with E-state index in [9.17, 15) is 18.3 Å². The number of aromatic hydroxyl groups is 1. The molecule has 0 aliphatic carbocycles. The van der Waals surface area contributed by atoms with Crippen LogP contribution in [0.2, 0.25) is 0 Å². The van der Waals surface area contributed by atoms with Crippen LogP contribution in [-0.4, -0.2) is 34.8 Å². The summed E-state index contributed by atoms with van der Waals surface area (Å²) >= 11 is 0. The smallest absolute Gasteiger partial charge is 0.507 e. The number of carbonyl (C=O) groups excluding carboxylic acids is 1. The Morgan fingerprint density at radius 2 is 1.86 bits per heavy atom. The Balaban J connectivity index is 0.00000380. The van der Waals surface area contributed by atoms with E-state index in [0.717, 1.165) is 12.0 Å². The number of carbonyl (C=O) groups is 1. The number of benzene rings is 3. The zero-order valence-electron chi connectivity index (χ0n) is 20.7. The molecule has 4 aromatic rings. The van der Waals surface area contributed by atoms with Crippen LogP contribution in [0, 0.1) is 0 Å². The normalized spacial score (nSPS) is 11.0. The Morgan fingerprint density at radius 3 is 2.51 bits per heavy atom. The van der Waals surface area contributed by atoms with E-state index in [1.54, 1.807) is 48.5 Å². The number of hydrogen-bond acceptors (Lipinski definition) is 8. The van der Waals surface area contributed by atoms with Crippen LogP contribution in [-0.2, 0) is 23.1 Å². The third-order valence-corrected chi connectivity index (χ3v) is 6.84. The number of Topliss-reactive ketones (excluding diaryl/α,β-unsaturated/α-hetero) is 1. The second-order valence-electron chi connectivity index (χ2n) is 8.07. The topological polar surface area (TPSA) is 145 Å². The van der Waals surface area contributed by atoms with E-state index in [1.165, 1.54) is 19.1 Å². The molecule has 2 N–H and O–H groups in total. The maximum Gasteiger partial charge on any atom is 1.00 e. The summed E-state index contributed by atoms with van der Waals surface area (Å²) in [6, 6.07) is 16.1. The van der Waals surface area contributed by atoms with Crippen molar-refractivity contribution in [3.05, 3.63) is 77.4 Å². The van der Waals surface area contributed by atoms with Crippen molar-refractivity contribution in [2.45, 2.75) is 38.2 Å². The summed E-state index contributed by atoms with van der Waals surface area (Å²) in [7, 11) is -3.84. The van der Waals surface area contributed by atoms with Crippen LogP contribution < -0.4 is 44.1 Å². The molecule has 0 fully saturated rings. The minimum Gasteiger partial charge on any atom is -0.507 e. The van der Waals surface area contributed by atoms with Gasteiger partial charge in [-0.15, -0.1) is 0 Å². The second kappa shape index (κ2) is 12.3. The van der Waals surface area contributed by atoms with E-state index in [-0.39, 0.29) is 58.2 Å². The van der Waals surface area contributed by atoms with Crippen molar-refractivity contribution in [3.8, 4) is 22.9 Å². The van der Waals surface area contributed by atoms with Gasteiger partial charge in [0.15, 0.2) is 5.78 Å². The monoisotopic (exact) mass is 529 g/mol. The Bertz CT molecular complexity index is 1480. The molecule has 1 aromatic heterocycles. The largest absolute Gasteiger partial charge is 1.00 e. The van der Waals surface area contributed by atoms with Crippen LogP contribution in [0.25, 0.3) is 11.4 Å². The van der Waals surface area contributed by atoms with Gasteiger partial charge in [-0.2, -0.15) is 5.21 Å². The SMILES string of the molecule is CCCc1c(OCc2ccc(S(=O)(=O)Nc3cccc(-c4nnn[n-]4)c3)cc2)ccc(C(C)=O)c1O.[Na+]. The first kappa shape index (κ1) is 28.3. The van der Waals surface area contributed by atoms with Gasteiger partial charge in [-0.05, 0) is 60.9 Å². The van der Waals surface area contributed by atoms with Gasteiger partial charge in [-0.3, -0.25) is 19.8 Å². The Kier molecular flexibility index (Phi) is 9.44. The van der Waals surface area contributed by atoms with Crippen molar-refractivity contribution in [2.75, 3.05) is 4.72 Å². The van der Waals surface area contributed by atoms with Gasteiger partial charge in [0.25, 0.3) is 10.0 Å². The molecule has 0 aliphatic rings. The fraction of sp³-hybridized carbons (Fsp3) is 0.200. The molecule has 0 unspecified atom stereocenters. The first-order valence-corrected chi connectivity index (χ1v) is 12.7. The first-order valence-electron chi connectivity index (χ1n) is 11.2. The van der Waals surface area contributed by atoms with Crippen LogP contribution >= 0.6 is 0 Å². The molecule has 0 bridgehead atoms. The summed E-state index contributed by atoms with van der Waals surface area (Å²) in [4.78, 5) is 11.8. The zero-order valence-corrected chi connectivity index (χ0v) is 23.5. The number of phenolic OH excluding ortho intramolecular Hbond substituents is 1. The second-order valence-corrected chi connectivity index (χ2v) is 9.75. The Labute approximate surface area is 236 Å². The van der Waals surface area contributed by atoms with Gasteiger partial charge in [0.2, 0.25) is 0 Å². The Hall–Kier alpha value is -3.25. The number of phenols is 1. The summed E-state index contributed by atoms with van der Waals surface area (Å²) in [6.07, 6.45) is 1.32.